The highest BCUT2D eigenvalue weighted by Crippen LogP contribution is 2.22. The number of nitrogens with zero attached hydrogens (tertiary/aromatic N) is 3. The van der Waals surface area contributed by atoms with Gasteiger partial charge in [0, 0.05) is 20.2 Å². The number of methoxy groups -OCH3 is 1. The minimum atomic E-state index is -0.646. The van der Waals surface area contributed by atoms with E-state index in [0.717, 1.165) is 5.56 Å². The number of carbonyl (C=O) groups excluding carboxylic acids is 1. The van der Waals surface area contributed by atoms with Gasteiger partial charge in [0.25, 0.3) is 5.91 Å². The number of ether oxygens (including phenoxy) is 2. The van der Waals surface area contributed by atoms with Crippen molar-refractivity contribution in [3.63, 3.8) is 0 Å². The third kappa shape index (κ3) is 5.54. The van der Waals surface area contributed by atoms with Crippen LogP contribution in [0.1, 0.15) is 5.56 Å². The summed E-state index contributed by atoms with van der Waals surface area (Å²) in [5.74, 6) is -0.742. The van der Waals surface area contributed by atoms with Crippen LogP contribution < -0.4 is 4.74 Å². The molecule has 25 heavy (non-hydrogen) atoms. The Morgan fingerprint density at radius 1 is 1.24 bits per heavy atom. The lowest BCUT2D eigenvalue weighted by Gasteiger charge is -2.22. The van der Waals surface area contributed by atoms with Crippen molar-refractivity contribution in [3.05, 3.63) is 64.3 Å². The van der Waals surface area contributed by atoms with Crippen molar-refractivity contribution in [2.75, 3.05) is 26.9 Å². The van der Waals surface area contributed by atoms with E-state index in [-0.39, 0.29) is 18.3 Å². The summed E-state index contributed by atoms with van der Waals surface area (Å²) in [6, 6.07) is 12.4. The number of nitro groups is 1. The molecular formula is C17H19N3O5. The monoisotopic (exact) mass is 345 g/mol. The smallest absolute Gasteiger partial charge is 0.406 e. The van der Waals surface area contributed by atoms with Crippen LogP contribution in [0.2, 0.25) is 0 Å². The molecule has 8 nitrogen and oxygen atoms in total. The van der Waals surface area contributed by atoms with Crippen LogP contribution in [0, 0.1) is 10.1 Å². The minimum absolute atomic E-state index is 0.0350. The molecule has 0 spiro atoms. The average molecular weight is 345 g/mol. The van der Waals surface area contributed by atoms with E-state index in [1.807, 2.05) is 30.3 Å². The van der Waals surface area contributed by atoms with E-state index in [2.05, 4.69) is 4.98 Å². The molecule has 2 rings (SSSR count). The molecule has 0 saturated carbocycles. The van der Waals surface area contributed by atoms with E-state index < -0.39 is 10.7 Å². The first-order chi connectivity index (χ1) is 12.1. The van der Waals surface area contributed by atoms with Crippen LogP contribution >= 0.6 is 0 Å². The standard InChI is InChI=1S/C17H19N3O5/c1-24-11-10-19(12-14-6-3-2-4-7-14)16(21)13-25-15-8-5-9-18-17(15)20(22)23/h2-9H,10-13H2,1H3. The summed E-state index contributed by atoms with van der Waals surface area (Å²) in [7, 11) is 1.56. The van der Waals surface area contributed by atoms with Gasteiger partial charge >= 0.3 is 5.82 Å². The van der Waals surface area contributed by atoms with E-state index in [0.29, 0.717) is 19.7 Å². The first-order valence-corrected chi connectivity index (χ1v) is 7.64. The topological polar surface area (TPSA) is 94.8 Å². The zero-order valence-corrected chi connectivity index (χ0v) is 13.8. The molecule has 0 saturated heterocycles. The van der Waals surface area contributed by atoms with Gasteiger partial charge in [0.1, 0.15) is 6.20 Å². The number of hydrogen-bond donors (Lipinski definition) is 0. The van der Waals surface area contributed by atoms with Gasteiger partial charge in [-0.05, 0) is 27.6 Å². The Morgan fingerprint density at radius 2 is 2.00 bits per heavy atom. The molecule has 0 aliphatic rings. The van der Waals surface area contributed by atoms with E-state index >= 15 is 0 Å². The van der Waals surface area contributed by atoms with Crippen molar-refractivity contribution < 1.29 is 19.2 Å². The maximum atomic E-state index is 12.5. The zero-order valence-electron chi connectivity index (χ0n) is 13.8. The Hall–Kier alpha value is -3.00. The number of aromatic nitrogens is 1. The molecule has 1 amide bonds. The van der Waals surface area contributed by atoms with Gasteiger partial charge in [-0.1, -0.05) is 30.3 Å². The van der Waals surface area contributed by atoms with E-state index in [1.165, 1.54) is 18.3 Å². The van der Waals surface area contributed by atoms with Crippen LogP contribution in [0.3, 0.4) is 0 Å². The molecular weight excluding hydrogens is 326 g/mol. The summed E-state index contributed by atoms with van der Waals surface area (Å²) in [4.78, 5) is 28.0. The molecule has 0 radical (unpaired) electrons. The predicted octanol–water partition coefficient (Wildman–Crippen LogP) is 2.04. The summed E-state index contributed by atoms with van der Waals surface area (Å²) >= 11 is 0. The summed E-state index contributed by atoms with van der Waals surface area (Å²) in [6.07, 6.45) is 1.30. The fourth-order valence-corrected chi connectivity index (χ4v) is 2.16. The molecule has 0 aliphatic heterocycles. The van der Waals surface area contributed by atoms with E-state index in [1.54, 1.807) is 12.0 Å². The van der Waals surface area contributed by atoms with Crippen LogP contribution in [-0.2, 0) is 16.1 Å². The van der Waals surface area contributed by atoms with Gasteiger partial charge in [-0.25, -0.2) is 0 Å². The maximum absolute atomic E-state index is 12.5. The fraction of sp³-hybridized carbons (Fsp3) is 0.294. The predicted molar refractivity (Wildman–Crippen MR) is 90.1 cm³/mol. The van der Waals surface area contributed by atoms with Crippen LogP contribution in [-0.4, -0.2) is 47.6 Å². The second kappa shape index (κ2) is 9.33. The number of hydrogen-bond acceptors (Lipinski definition) is 6. The Labute approximate surface area is 145 Å². The van der Waals surface area contributed by atoms with E-state index in [4.69, 9.17) is 9.47 Å². The summed E-state index contributed by atoms with van der Waals surface area (Å²) in [5.41, 5.74) is 0.972. The summed E-state index contributed by atoms with van der Waals surface area (Å²) in [6.45, 7) is 0.860. The lowest BCUT2D eigenvalue weighted by molar-refractivity contribution is -0.390. The van der Waals surface area contributed by atoms with Gasteiger partial charge < -0.3 is 24.5 Å². The fourth-order valence-electron chi connectivity index (χ4n) is 2.16. The number of benzene rings is 1. The molecule has 0 aliphatic carbocycles. The largest absolute Gasteiger partial charge is 0.476 e. The second-order valence-electron chi connectivity index (χ2n) is 5.16. The summed E-state index contributed by atoms with van der Waals surface area (Å²) in [5, 5.41) is 10.9. The van der Waals surface area contributed by atoms with Gasteiger partial charge in [-0.3, -0.25) is 4.79 Å². The van der Waals surface area contributed by atoms with Gasteiger partial charge in [0.15, 0.2) is 6.61 Å². The lowest BCUT2D eigenvalue weighted by atomic mass is 10.2. The van der Waals surface area contributed by atoms with Crippen molar-refractivity contribution in [1.29, 1.82) is 0 Å². The highest BCUT2D eigenvalue weighted by Gasteiger charge is 2.19. The van der Waals surface area contributed by atoms with Crippen LogP contribution in [0.25, 0.3) is 0 Å². The van der Waals surface area contributed by atoms with Gasteiger partial charge in [-0.15, -0.1) is 0 Å². The SMILES string of the molecule is COCCN(Cc1ccccc1)C(=O)COc1cccnc1[N+](=O)[O-]. The Kier molecular flexibility index (Phi) is 6.85. The Bertz CT molecular complexity index is 708. The normalized spacial score (nSPS) is 10.3. The molecule has 0 unspecified atom stereocenters. The van der Waals surface area contributed by atoms with Crippen molar-refractivity contribution in [2.24, 2.45) is 0 Å². The third-order valence-electron chi connectivity index (χ3n) is 3.41. The maximum Gasteiger partial charge on any atom is 0.406 e. The van der Waals surface area contributed by atoms with Gasteiger partial charge in [0.2, 0.25) is 5.75 Å². The molecule has 132 valence electrons. The third-order valence-corrected chi connectivity index (χ3v) is 3.41. The minimum Gasteiger partial charge on any atom is -0.476 e. The number of pyridine rings is 1. The van der Waals surface area contributed by atoms with Crippen LogP contribution in [0.15, 0.2) is 48.7 Å². The highest BCUT2D eigenvalue weighted by molar-refractivity contribution is 5.77. The molecule has 0 fully saturated rings. The van der Waals surface area contributed by atoms with Crippen molar-refractivity contribution in [1.82, 2.24) is 9.88 Å². The molecule has 2 aromatic rings. The summed E-state index contributed by atoms with van der Waals surface area (Å²) < 4.78 is 10.4. The van der Waals surface area contributed by atoms with Gasteiger partial charge in [-0.2, -0.15) is 0 Å². The molecule has 1 aromatic carbocycles. The zero-order chi connectivity index (χ0) is 18.1. The molecule has 8 heteroatoms. The average Bonchev–Trinajstić information content (AvgIpc) is 2.64. The van der Waals surface area contributed by atoms with Crippen molar-refractivity contribution in [3.8, 4) is 5.75 Å². The Morgan fingerprint density at radius 3 is 2.68 bits per heavy atom. The van der Waals surface area contributed by atoms with Gasteiger partial charge in [0.05, 0.1) is 6.61 Å². The lowest BCUT2D eigenvalue weighted by Crippen LogP contribution is -2.36. The molecule has 0 bridgehead atoms. The van der Waals surface area contributed by atoms with Crippen molar-refractivity contribution >= 4 is 11.7 Å². The molecule has 0 atom stereocenters. The number of rotatable bonds is 9. The number of carbonyl (C=O) groups is 1. The molecule has 1 aromatic heterocycles. The van der Waals surface area contributed by atoms with E-state index in [9.17, 15) is 14.9 Å². The van der Waals surface area contributed by atoms with Crippen LogP contribution in [0.5, 0.6) is 5.75 Å². The molecule has 1 heterocycles. The quantitative estimate of drug-likeness (QED) is 0.510. The number of amides is 1. The second-order valence-corrected chi connectivity index (χ2v) is 5.16. The molecule has 0 N–H and O–H groups in total. The first-order valence-electron chi connectivity index (χ1n) is 7.64. The van der Waals surface area contributed by atoms with Crippen LogP contribution in [0.4, 0.5) is 5.82 Å². The highest BCUT2D eigenvalue weighted by atomic mass is 16.6. The Balaban J connectivity index is 2.03. The first kappa shape index (κ1) is 18.3. The van der Waals surface area contributed by atoms with Crippen molar-refractivity contribution in [2.45, 2.75) is 6.54 Å².